The van der Waals surface area contributed by atoms with Crippen molar-refractivity contribution in [1.29, 1.82) is 0 Å². The van der Waals surface area contributed by atoms with Crippen molar-refractivity contribution in [3.8, 4) is 0 Å². The fourth-order valence-electron chi connectivity index (χ4n) is 4.16. The number of rotatable bonds is 3. The summed E-state index contributed by atoms with van der Waals surface area (Å²) in [5, 5.41) is 14.0. The van der Waals surface area contributed by atoms with Gasteiger partial charge in [0.1, 0.15) is 0 Å². The summed E-state index contributed by atoms with van der Waals surface area (Å²) in [6, 6.07) is 1.08. The highest BCUT2D eigenvalue weighted by molar-refractivity contribution is 4.90. The molecule has 0 aromatic carbocycles. The molecule has 0 spiro atoms. The van der Waals surface area contributed by atoms with Gasteiger partial charge in [-0.1, -0.05) is 32.1 Å². The minimum Gasteiger partial charge on any atom is -0.392 e. The van der Waals surface area contributed by atoms with E-state index >= 15 is 0 Å². The molecule has 0 radical (unpaired) electrons. The monoisotopic (exact) mass is 251 g/mol. The van der Waals surface area contributed by atoms with Crippen molar-refractivity contribution in [3.05, 3.63) is 0 Å². The molecule has 0 aromatic heterocycles. The third-order valence-electron chi connectivity index (χ3n) is 5.43. The van der Waals surface area contributed by atoms with Crippen LogP contribution in [0.25, 0.3) is 0 Å². The zero-order valence-corrected chi connectivity index (χ0v) is 11.6. The first kappa shape index (κ1) is 12.9. The standard InChI is InChI=1S/C16H29NO/c18-16-8-3-1-2-7-15(16)17-14-6-4-5-13(11-14)12-9-10-12/h12-18H,1-11H2. The largest absolute Gasteiger partial charge is 0.392 e. The predicted octanol–water partition coefficient (Wildman–Crippen LogP) is 3.24. The van der Waals surface area contributed by atoms with E-state index in [1.807, 2.05) is 0 Å². The summed E-state index contributed by atoms with van der Waals surface area (Å²) < 4.78 is 0. The molecule has 2 nitrogen and oxygen atoms in total. The molecule has 0 bridgehead atoms. The zero-order valence-electron chi connectivity index (χ0n) is 11.6. The maximum atomic E-state index is 10.2. The number of aliphatic hydroxyl groups is 1. The predicted molar refractivity (Wildman–Crippen MR) is 74.5 cm³/mol. The van der Waals surface area contributed by atoms with Crippen LogP contribution < -0.4 is 5.32 Å². The summed E-state index contributed by atoms with van der Waals surface area (Å²) in [6.07, 6.45) is 14.5. The number of hydrogen-bond acceptors (Lipinski definition) is 2. The maximum Gasteiger partial charge on any atom is 0.0693 e. The van der Waals surface area contributed by atoms with E-state index in [9.17, 15) is 5.11 Å². The Labute approximate surface area is 112 Å². The van der Waals surface area contributed by atoms with Gasteiger partial charge in [-0.25, -0.2) is 0 Å². The quantitative estimate of drug-likeness (QED) is 0.755. The average Bonchev–Trinajstić information content (AvgIpc) is 3.20. The Morgan fingerprint density at radius 3 is 2.39 bits per heavy atom. The van der Waals surface area contributed by atoms with E-state index in [0.717, 1.165) is 18.3 Å². The Bertz CT molecular complexity index is 264. The summed E-state index contributed by atoms with van der Waals surface area (Å²) in [4.78, 5) is 0. The first-order valence-electron chi connectivity index (χ1n) is 8.27. The molecule has 0 amide bonds. The molecule has 3 saturated carbocycles. The molecular formula is C16H29NO. The van der Waals surface area contributed by atoms with E-state index in [1.54, 1.807) is 0 Å². The van der Waals surface area contributed by atoms with Crippen molar-refractivity contribution in [2.75, 3.05) is 0 Å². The molecule has 0 aromatic rings. The van der Waals surface area contributed by atoms with E-state index < -0.39 is 0 Å². The van der Waals surface area contributed by atoms with Crippen LogP contribution in [0.1, 0.15) is 70.6 Å². The van der Waals surface area contributed by atoms with Gasteiger partial charge in [0.2, 0.25) is 0 Å². The van der Waals surface area contributed by atoms with E-state index in [-0.39, 0.29) is 6.10 Å². The Kier molecular flexibility index (Phi) is 4.25. The highest BCUT2D eigenvalue weighted by Gasteiger charge is 2.35. The second-order valence-electron chi connectivity index (χ2n) is 6.94. The fourth-order valence-corrected chi connectivity index (χ4v) is 4.16. The lowest BCUT2D eigenvalue weighted by molar-refractivity contribution is 0.105. The lowest BCUT2D eigenvalue weighted by Crippen LogP contribution is -2.46. The van der Waals surface area contributed by atoms with E-state index in [4.69, 9.17) is 0 Å². The fraction of sp³-hybridized carbons (Fsp3) is 1.00. The third kappa shape index (κ3) is 3.27. The summed E-state index contributed by atoms with van der Waals surface area (Å²) in [7, 11) is 0. The van der Waals surface area contributed by atoms with Crippen LogP contribution in [0.15, 0.2) is 0 Å². The van der Waals surface area contributed by atoms with Gasteiger partial charge in [-0.05, 0) is 50.4 Å². The lowest BCUT2D eigenvalue weighted by atomic mass is 9.82. The van der Waals surface area contributed by atoms with Crippen LogP contribution in [0.2, 0.25) is 0 Å². The minimum atomic E-state index is -0.0891. The van der Waals surface area contributed by atoms with Crippen LogP contribution in [0.5, 0.6) is 0 Å². The van der Waals surface area contributed by atoms with Crippen molar-refractivity contribution in [3.63, 3.8) is 0 Å². The normalized spacial score (nSPS) is 42.5. The van der Waals surface area contributed by atoms with Crippen LogP contribution in [-0.2, 0) is 0 Å². The molecule has 3 aliphatic carbocycles. The summed E-state index contributed by atoms with van der Waals surface area (Å²) in [5.41, 5.74) is 0. The van der Waals surface area contributed by atoms with Crippen LogP contribution in [0, 0.1) is 11.8 Å². The van der Waals surface area contributed by atoms with Gasteiger partial charge in [0, 0.05) is 12.1 Å². The number of nitrogens with one attached hydrogen (secondary N) is 1. The van der Waals surface area contributed by atoms with E-state index in [1.165, 1.54) is 64.2 Å². The topological polar surface area (TPSA) is 32.3 Å². The third-order valence-corrected chi connectivity index (χ3v) is 5.43. The Balaban J connectivity index is 1.50. The van der Waals surface area contributed by atoms with Crippen LogP contribution in [-0.4, -0.2) is 23.3 Å². The van der Waals surface area contributed by atoms with Gasteiger partial charge in [0.25, 0.3) is 0 Å². The number of hydrogen-bond donors (Lipinski definition) is 2. The lowest BCUT2D eigenvalue weighted by Gasteiger charge is -2.34. The minimum absolute atomic E-state index is 0.0891. The molecule has 4 unspecified atom stereocenters. The number of aliphatic hydroxyl groups excluding tert-OH is 1. The highest BCUT2D eigenvalue weighted by atomic mass is 16.3. The molecule has 4 atom stereocenters. The Morgan fingerprint density at radius 1 is 0.722 bits per heavy atom. The molecule has 104 valence electrons. The molecule has 2 heteroatoms. The molecule has 3 aliphatic rings. The van der Waals surface area contributed by atoms with Crippen molar-refractivity contribution < 1.29 is 5.11 Å². The van der Waals surface area contributed by atoms with Crippen molar-refractivity contribution in [2.45, 2.75) is 88.8 Å². The van der Waals surface area contributed by atoms with Crippen LogP contribution >= 0.6 is 0 Å². The molecule has 0 heterocycles. The second kappa shape index (κ2) is 5.92. The highest BCUT2D eigenvalue weighted by Crippen LogP contribution is 2.44. The van der Waals surface area contributed by atoms with Gasteiger partial charge >= 0.3 is 0 Å². The van der Waals surface area contributed by atoms with Crippen molar-refractivity contribution in [2.24, 2.45) is 11.8 Å². The smallest absolute Gasteiger partial charge is 0.0693 e. The summed E-state index contributed by atoms with van der Waals surface area (Å²) in [6.45, 7) is 0. The molecule has 18 heavy (non-hydrogen) atoms. The first-order chi connectivity index (χ1) is 8.83. The first-order valence-corrected chi connectivity index (χ1v) is 8.27. The van der Waals surface area contributed by atoms with Crippen LogP contribution in [0.3, 0.4) is 0 Å². The maximum absolute atomic E-state index is 10.2. The van der Waals surface area contributed by atoms with Gasteiger partial charge in [0.15, 0.2) is 0 Å². The molecule has 3 fully saturated rings. The molecule has 2 N–H and O–H groups in total. The van der Waals surface area contributed by atoms with Gasteiger partial charge in [-0.2, -0.15) is 0 Å². The van der Waals surface area contributed by atoms with E-state index in [2.05, 4.69) is 5.32 Å². The van der Waals surface area contributed by atoms with Gasteiger partial charge in [-0.3, -0.25) is 0 Å². The van der Waals surface area contributed by atoms with Gasteiger partial charge < -0.3 is 10.4 Å². The van der Waals surface area contributed by atoms with E-state index in [0.29, 0.717) is 12.1 Å². The van der Waals surface area contributed by atoms with Crippen molar-refractivity contribution >= 4 is 0 Å². The summed E-state index contributed by atoms with van der Waals surface area (Å²) >= 11 is 0. The Morgan fingerprint density at radius 2 is 1.56 bits per heavy atom. The molecule has 0 saturated heterocycles. The van der Waals surface area contributed by atoms with Crippen LogP contribution in [0.4, 0.5) is 0 Å². The SMILES string of the molecule is OC1CCCCCC1NC1CCCC(C2CC2)C1. The molecule has 0 aliphatic heterocycles. The Hall–Kier alpha value is -0.0800. The zero-order chi connectivity index (χ0) is 12.4. The van der Waals surface area contributed by atoms with Gasteiger partial charge in [-0.15, -0.1) is 0 Å². The van der Waals surface area contributed by atoms with Gasteiger partial charge in [0.05, 0.1) is 6.10 Å². The summed E-state index contributed by atoms with van der Waals surface area (Å²) in [5.74, 6) is 2.06. The molecule has 3 rings (SSSR count). The average molecular weight is 251 g/mol. The molecular weight excluding hydrogens is 222 g/mol. The second-order valence-corrected chi connectivity index (χ2v) is 6.94. The van der Waals surface area contributed by atoms with Crippen molar-refractivity contribution in [1.82, 2.24) is 5.32 Å².